The minimum absolute atomic E-state index is 0.124. The van der Waals surface area contributed by atoms with E-state index in [2.05, 4.69) is 138 Å². The van der Waals surface area contributed by atoms with Crippen LogP contribution in [-0.2, 0) is 40.5 Å². The second-order valence-electron chi connectivity index (χ2n) is 20.0. The summed E-state index contributed by atoms with van der Waals surface area (Å²) in [5.74, 6) is 0. The van der Waals surface area contributed by atoms with Crippen molar-refractivity contribution in [3.8, 4) is 0 Å². The summed E-state index contributed by atoms with van der Waals surface area (Å²) < 4.78 is 1.04. The van der Waals surface area contributed by atoms with E-state index in [0.717, 1.165) is 45.9 Å². The van der Waals surface area contributed by atoms with Gasteiger partial charge in [0.1, 0.15) is 0 Å². The van der Waals surface area contributed by atoms with Crippen molar-refractivity contribution < 1.29 is 18.9 Å². The van der Waals surface area contributed by atoms with Gasteiger partial charge in [-0.3, -0.25) is 0 Å². The predicted molar refractivity (Wildman–Crippen MR) is 267 cm³/mol. The van der Waals surface area contributed by atoms with Gasteiger partial charge in [-0.15, -0.1) is 39.7 Å². The summed E-state index contributed by atoms with van der Waals surface area (Å²) in [4.78, 5) is 0. The van der Waals surface area contributed by atoms with Crippen molar-refractivity contribution in [2.75, 3.05) is 0 Å². The van der Waals surface area contributed by atoms with Crippen LogP contribution in [0.4, 0.5) is 0 Å². The molecule has 0 aromatic heterocycles. The fourth-order valence-corrected chi connectivity index (χ4v) is 13.2. The summed E-state index contributed by atoms with van der Waals surface area (Å²) in [6.45, 7) is 28.0. The zero-order valence-electron chi connectivity index (χ0n) is 37.2. The number of hydrogen-bond donors (Lipinski definition) is 0. The Morgan fingerprint density at radius 1 is 0.417 bits per heavy atom. The Hall–Kier alpha value is -3.03. The Kier molecular flexibility index (Phi) is 13.9. The first-order valence-electron chi connectivity index (χ1n) is 20.8. The van der Waals surface area contributed by atoms with E-state index >= 15 is 0 Å². The molecule has 0 nitrogen and oxygen atoms in total. The normalized spacial score (nSPS) is 12.3. The first-order valence-corrected chi connectivity index (χ1v) is 29.1. The summed E-state index contributed by atoms with van der Waals surface area (Å²) in [7, 11) is 13.3. The van der Waals surface area contributed by atoms with E-state index in [1.54, 1.807) is 0 Å². The largest absolute Gasteiger partial charge is 0.214 e. The first-order chi connectivity index (χ1) is 28.0. The molecule has 0 fully saturated rings. The molecule has 8 aromatic rings. The minimum Gasteiger partial charge on any atom is -0.214 e. The second kappa shape index (κ2) is 18.0. The summed E-state index contributed by atoms with van der Waals surface area (Å²) >= 11 is 9.96. The summed E-state index contributed by atoms with van der Waals surface area (Å²) in [5.41, 5.74) is 8.51. The SMILES string of the molecule is CC(C)(C)c1cc2[cH-]c3cc(C(C)(C)C)c(C(C)(C)C)cc3c2cc1C(C)(C)C.Clc1cccc2c([C](c3cccc4c(Cl)cccc34)=[Zr]([Cl])[Cl])cccc12.c1cc[cH-]c1. The van der Waals surface area contributed by atoms with Crippen molar-refractivity contribution in [2.45, 2.75) is 105 Å². The molecule has 8 aromatic carbocycles. The van der Waals surface area contributed by atoms with Gasteiger partial charge >= 0.3 is 178 Å². The fraction of sp³-hybridized carbons (Fsp3) is 0.291. The Morgan fingerprint density at radius 3 is 1.07 bits per heavy atom. The summed E-state index contributed by atoms with van der Waals surface area (Å²) in [5, 5.41) is 11.1. The molecule has 0 saturated carbocycles. The molecule has 0 N–H and O–H groups in total. The molecular weight excluding hydrogens is 894 g/mol. The van der Waals surface area contributed by atoms with Gasteiger partial charge < -0.3 is 0 Å². The molecule has 0 atom stereocenters. The van der Waals surface area contributed by atoms with Gasteiger partial charge in [-0.1, -0.05) is 117 Å². The maximum absolute atomic E-state index is 6.65. The molecule has 0 bridgehead atoms. The van der Waals surface area contributed by atoms with Crippen molar-refractivity contribution in [2.24, 2.45) is 0 Å². The Balaban J connectivity index is 0.000000181. The van der Waals surface area contributed by atoms with Crippen LogP contribution in [0.5, 0.6) is 0 Å². The molecular formula is C55H58Cl4Zr-2. The quantitative estimate of drug-likeness (QED) is 0.152. The molecule has 0 aliphatic rings. The average molecular weight is 952 g/mol. The van der Waals surface area contributed by atoms with Crippen molar-refractivity contribution >= 4 is 86.5 Å². The predicted octanol–water partition coefficient (Wildman–Crippen LogP) is 18.1. The first kappa shape index (κ1) is 46.5. The van der Waals surface area contributed by atoms with Gasteiger partial charge in [0.15, 0.2) is 0 Å². The van der Waals surface area contributed by atoms with Crippen LogP contribution in [0, 0.1) is 0 Å². The van der Waals surface area contributed by atoms with Gasteiger partial charge in [0.05, 0.1) is 0 Å². The molecule has 0 saturated heterocycles. The second-order valence-corrected chi connectivity index (χ2v) is 28.9. The molecule has 0 unspecified atom stereocenters. The van der Waals surface area contributed by atoms with Crippen LogP contribution in [0.15, 0.2) is 133 Å². The maximum Gasteiger partial charge on any atom is -0.172 e. The molecule has 8 rings (SSSR count). The smallest absolute Gasteiger partial charge is 0.172 e. The molecule has 60 heavy (non-hydrogen) atoms. The Morgan fingerprint density at radius 2 is 0.750 bits per heavy atom. The van der Waals surface area contributed by atoms with Crippen LogP contribution < -0.4 is 0 Å². The Bertz CT molecular complexity index is 2630. The third-order valence-electron chi connectivity index (χ3n) is 11.2. The number of fused-ring (bicyclic) bond motifs is 5. The van der Waals surface area contributed by atoms with Gasteiger partial charge in [0, 0.05) is 0 Å². The van der Waals surface area contributed by atoms with Crippen LogP contribution >= 0.6 is 40.2 Å². The third-order valence-corrected chi connectivity index (χ3v) is 16.4. The van der Waals surface area contributed by atoms with Gasteiger partial charge in [-0.05, 0) is 21.7 Å². The van der Waals surface area contributed by atoms with Gasteiger partial charge in [-0.25, -0.2) is 12.1 Å². The topological polar surface area (TPSA) is 0 Å². The maximum atomic E-state index is 6.65. The molecule has 312 valence electrons. The molecule has 0 heterocycles. The standard InChI is InChI=1S/C29H41.C21H12Cl2.C5H5.2ClH.Zr/c1-26(2,3)22-14-18-13-19-15-23(27(4,5)6)25(29(10,11)12)17-21(19)20(18)16-24(22)28(7,8)9;22-20-11-3-7-16-14(5-1-9-18(16)20)13-15-6-2-10-19-17(15)8-4-12-21(19)23;1-2-4-5-3-1;;;/h13-17H,1-12H3;1-12H;1-5H;2*1H;/q-1;;-1;;;+2/p-2. The number of hydrogen-bond acceptors (Lipinski definition) is 0. The minimum atomic E-state index is -2.84. The van der Waals surface area contributed by atoms with Gasteiger partial charge in [0.2, 0.25) is 0 Å². The van der Waals surface area contributed by atoms with E-state index in [9.17, 15) is 0 Å². The monoisotopic (exact) mass is 948 g/mol. The van der Waals surface area contributed by atoms with E-state index in [0.29, 0.717) is 0 Å². The zero-order chi connectivity index (χ0) is 43.9. The van der Waals surface area contributed by atoms with Gasteiger partial charge in [0.25, 0.3) is 0 Å². The molecule has 0 aliphatic carbocycles. The van der Waals surface area contributed by atoms with E-state index in [4.69, 9.17) is 40.2 Å². The summed E-state index contributed by atoms with van der Waals surface area (Å²) in [6.07, 6.45) is 0. The van der Waals surface area contributed by atoms with Crippen molar-refractivity contribution in [3.05, 3.63) is 177 Å². The molecule has 0 amide bonds. The van der Waals surface area contributed by atoms with Crippen LogP contribution in [0.1, 0.15) is 116 Å². The fourth-order valence-electron chi connectivity index (χ4n) is 8.24. The third kappa shape index (κ3) is 10.1. The number of benzene rings is 6. The van der Waals surface area contributed by atoms with E-state index in [-0.39, 0.29) is 21.7 Å². The van der Waals surface area contributed by atoms with E-state index in [1.807, 2.05) is 78.9 Å². The van der Waals surface area contributed by atoms with Crippen LogP contribution in [-0.4, -0.2) is 3.21 Å². The van der Waals surface area contributed by atoms with Crippen LogP contribution in [0.25, 0.3) is 43.1 Å². The number of rotatable bonds is 2. The molecule has 0 aliphatic heterocycles. The van der Waals surface area contributed by atoms with Gasteiger partial charge in [-0.2, -0.15) is 18.2 Å². The number of halogens is 4. The molecule has 0 radical (unpaired) electrons. The average Bonchev–Trinajstić information content (AvgIpc) is 3.86. The van der Waals surface area contributed by atoms with Crippen molar-refractivity contribution in [1.82, 2.24) is 0 Å². The molecule has 0 spiro atoms. The van der Waals surface area contributed by atoms with Crippen LogP contribution in [0.3, 0.4) is 0 Å². The zero-order valence-corrected chi connectivity index (χ0v) is 42.7. The van der Waals surface area contributed by atoms with E-state index in [1.165, 1.54) is 43.8 Å². The molecule has 5 heteroatoms. The Labute approximate surface area is 383 Å². The summed E-state index contributed by atoms with van der Waals surface area (Å²) in [6, 6.07) is 46.3. The van der Waals surface area contributed by atoms with E-state index < -0.39 is 18.9 Å². The van der Waals surface area contributed by atoms with Crippen molar-refractivity contribution in [3.63, 3.8) is 0 Å². The van der Waals surface area contributed by atoms with Crippen LogP contribution in [0.2, 0.25) is 10.0 Å². The van der Waals surface area contributed by atoms with Crippen molar-refractivity contribution in [1.29, 1.82) is 0 Å².